The van der Waals surface area contributed by atoms with E-state index in [0.717, 1.165) is 22.9 Å². The van der Waals surface area contributed by atoms with Gasteiger partial charge >= 0.3 is 6.18 Å². The molecule has 2 heterocycles. The fraction of sp³-hybridized carbons (Fsp3) is 0.118. The molecule has 8 nitrogen and oxygen atoms in total. The topological polar surface area (TPSA) is 97.6 Å². The summed E-state index contributed by atoms with van der Waals surface area (Å²) >= 11 is 5.64. The summed E-state index contributed by atoms with van der Waals surface area (Å²) in [4.78, 5) is 23.4. The SMILES string of the molecule is O=C(/C=C\n1cnc(-c2cc(CF)c(Cl)c(C(F)(F)F)c2)n1)NNc1cnccn1. The number of carbonyl (C=O) groups excluding carboxylic acids is 1. The third-order valence-corrected chi connectivity index (χ3v) is 4.07. The minimum Gasteiger partial charge on any atom is -0.280 e. The minimum absolute atomic E-state index is 0.0692. The van der Waals surface area contributed by atoms with Crippen molar-refractivity contribution >= 4 is 29.5 Å². The number of nitrogens with one attached hydrogen (secondary N) is 2. The van der Waals surface area contributed by atoms with Crippen LogP contribution in [0.4, 0.5) is 23.4 Å². The summed E-state index contributed by atoms with van der Waals surface area (Å²) in [6, 6.07) is 1.88. The zero-order valence-corrected chi connectivity index (χ0v) is 15.6. The highest BCUT2D eigenvalue weighted by molar-refractivity contribution is 6.32. The van der Waals surface area contributed by atoms with E-state index in [0.29, 0.717) is 5.82 Å². The number of hydrogen-bond donors (Lipinski definition) is 2. The van der Waals surface area contributed by atoms with E-state index >= 15 is 0 Å². The second kappa shape index (κ2) is 8.86. The first-order valence-electron chi connectivity index (χ1n) is 8.15. The van der Waals surface area contributed by atoms with Crippen molar-refractivity contribution in [1.82, 2.24) is 30.2 Å². The van der Waals surface area contributed by atoms with Crippen molar-refractivity contribution in [2.24, 2.45) is 0 Å². The third kappa shape index (κ3) is 5.08. The molecule has 3 rings (SSSR count). The number of halogens is 5. The summed E-state index contributed by atoms with van der Waals surface area (Å²) in [5, 5.41) is 3.25. The molecule has 1 aromatic carbocycles. The predicted molar refractivity (Wildman–Crippen MR) is 99.4 cm³/mol. The van der Waals surface area contributed by atoms with E-state index in [1.54, 1.807) is 0 Å². The Morgan fingerprint density at radius 2 is 2.03 bits per heavy atom. The maximum absolute atomic E-state index is 13.1. The van der Waals surface area contributed by atoms with Gasteiger partial charge < -0.3 is 0 Å². The lowest BCUT2D eigenvalue weighted by molar-refractivity contribution is -0.137. The highest BCUT2D eigenvalue weighted by Crippen LogP contribution is 2.39. The van der Waals surface area contributed by atoms with Crippen LogP contribution in [0.5, 0.6) is 0 Å². The quantitative estimate of drug-likeness (QED) is 0.345. The Balaban J connectivity index is 1.74. The van der Waals surface area contributed by atoms with Crippen LogP contribution in [0.1, 0.15) is 11.1 Å². The first-order valence-corrected chi connectivity index (χ1v) is 8.53. The smallest absolute Gasteiger partial charge is 0.280 e. The predicted octanol–water partition coefficient (Wildman–Crippen LogP) is 3.49. The van der Waals surface area contributed by atoms with Gasteiger partial charge in [-0.2, -0.15) is 13.2 Å². The number of rotatable bonds is 6. The lowest BCUT2D eigenvalue weighted by Gasteiger charge is -2.12. The van der Waals surface area contributed by atoms with Crippen molar-refractivity contribution < 1.29 is 22.4 Å². The maximum atomic E-state index is 13.1. The van der Waals surface area contributed by atoms with Gasteiger partial charge in [-0.05, 0) is 12.1 Å². The second-order valence-electron chi connectivity index (χ2n) is 5.70. The van der Waals surface area contributed by atoms with Gasteiger partial charge in [0, 0.05) is 35.8 Å². The molecule has 3 aromatic rings. The van der Waals surface area contributed by atoms with Crippen LogP contribution in [0.15, 0.2) is 43.1 Å². The Morgan fingerprint density at radius 1 is 1.23 bits per heavy atom. The van der Waals surface area contributed by atoms with Crippen LogP contribution < -0.4 is 10.9 Å². The lowest BCUT2D eigenvalue weighted by Crippen LogP contribution is -2.28. The van der Waals surface area contributed by atoms with Crippen molar-refractivity contribution in [2.75, 3.05) is 5.43 Å². The Bertz CT molecular complexity index is 1070. The summed E-state index contributed by atoms with van der Waals surface area (Å²) in [5.41, 5.74) is 3.27. The molecular formula is C17H12ClF4N7O. The van der Waals surface area contributed by atoms with Gasteiger partial charge in [-0.1, -0.05) is 11.6 Å². The van der Waals surface area contributed by atoms with E-state index < -0.39 is 29.3 Å². The standard InChI is InChI=1S/C17H12ClF4N7O/c18-15-11(7-19)5-10(6-12(15)17(20,21)22)16-25-9-29(28-16)4-1-14(30)27-26-13-8-23-2-3-24-13/h1-6,8-9H,7H2,(H,24,26)(H,27,30)/b4-1-. The van der Waals surface area contributed by atoms with Crippen molar-refractivity contribution in [3.05, 3.63) is 59.3 Å². The van der Waals surface area contributed by atoms with Gasteiger partial charge in [-0.15, -0.1) is 5.10 Å². The number of nitrogens with zero attached hydrogens (tertiary/aromatic N) is 5. The van der Waals surface area contributed by atoms with E-state index in [9.17, 15) is 22.4 Å². The average molecular weight is 442 g/mol. The monoisotopic (exact) mass is 441 g/mol. The molecule has 0 radical (unpaired) electrons. The first kappa shape index (κ1) is 21.2. The van der Waals surface area contributed by atoms with Crippen LogP contribution >= 0.6 is 11.6 Å². The molecule has 2 N–H and O–H groups in total. The van der Waals surface area contributed by atoms with E-state index in [-0.39, 0.29) is 17.0 Å². The summed E-state index contributed by atoms with van der Waals surface area (Å²) < 4.78 is 53.6. The maximum Gasteiger partial charge on any atom is 0.417 e. The molecule has 0 aliphatic rings. The van der Waals surface area contributed by atoms with Gasteiger partial charge in [0.2, 0.25) is 0 Å². The van der Waals surface area contributed by atoms with E-state index in [2.05, 4.69) is 30.9 Å². The van der Waals surface area contributed by atoms with Crippen molar-refractivity contribution in [1.29, 1.82) is 0 Å². The molecule has 0 bridgehead atoms. The molecule has 0 atom stereocenters. The average Bonchev–Trinajstić information content (AvgIpc) is 3.20. The van der Waals surface area contributed by atoms with Crippen LogP contribution in [0, 0.1) is 0 Å². The molecule has 0 fully saturated rings. The molecule has 30 heavy (non-hydrogen) atoms. The summed E-state index contributed by atoms with van der Waals surface area (Å²) in [6.07, 6.45) is 3.00. The Hall–Kier alpha value is -3.54. The number of aromatic nitrogens is 5. The Morgan fingerprint density at radius 3 is 2.70 bits per heavy atom. The number of benzene rings is 1. The largest absolute Gasteiger partial charge is 0.417 e. The van der Waals surface area contributed by atoms with Gasteiger partial charge in [-0.3, -0.25) is 20.6 Å². The van der Waals surface area contributed by atoms with Gasteiger partial charge in [-0.25, -0.2) is 19.0 Å². The van der Waals surface area contributed by atoms with Gasteiger partial charge in [0.05, 0.1) is 16.8 Å². The summed E-state index contributed by atoms with van der Waals surface area (Å²) in [5.74, 6) is -0.355. The van der Waals surface area contributed by atoms with Crippen LogP contribution in [-0.4, -0.2) is 30.6 Å². The van der Waals surface area contributed by atoms with Gasteiger partial charge in [0.15, 0.2) is 11.6 Å². The third-order valence-electron chi connectivity index (χ3n) is 3.62. The zero-order chi connectivity index (χ0) is 21.7. The molecule has 0 saturated carbocycles. The van der Waals surface area contributed by atoms with E-state index in [1.807, 2.05) is 0 Å². The highest BCUT2D eigenvalue weighted by Gasteiger charge is 2.35. The lowest BCUT2D eigenvalue weighted by atomic mass is 10.1. The summed E-state index contributed by atoms with van der Waals surface area (Å²) in [6.45, 7) is -1.19. The molecule has 0 aliphatic heterocycles. The van der Waals surface area contributed by atoms with E-state index in [4.69, 9.17) is 11.6 Å². The molecule has 156 valence electrons. The van der Waals surface area contributed by atoms with Crippen LogP contribution in [-0.2, 0) is 17.6 Å². The van der Waals surface area contributed by atoms with E-state index in [1.165, 1.54) is 31.1 Å². The normalized spacial score (nSPS) is 11.6. The molecule has 0 spiro atoms. The van der Waals surface area contributed by atoms with Gasteiger partial charge in [0.1, 0.15) is 13.0 Å². The number of carbonyl (C=O) groups is 1. The van der Waals surface area contributed by atoms with Crippen molar-refractivity contribution in [2.45, 2.75) is 12.9 Å². The molecular weight excluding hydrogens is 430 g/mol. The summed E-state index contributed by atoms with van der Waals surface area (Å²) in [7, 11) is 0. The number of anilines is 1. The Labute approximate surface area is 171 Å². The highest BCUT2D eigenvalue weighted by atomic mass is 35.5. The molecule has 0 aliphatic carbocycles. The molecule has 2 aromatic heterocycles. The molecule has 0 unspecified atom stereocenters. The van der Waals surface area contributed by atoms with Gasteiger partial charge in [0.25, 0.3) is 5.91 Å². The fourth-order valence-electron chi connectivity index (χ4n) is 2.27. The number of hydrogen-bond acceptors (Lipinski definition) is 6. The second-order valence-corrected chi connectivity index (χ2v) is 6.08. The molecule has 0 saturated heterocycles. The van der Waals surface area contributed by atoms with Crippen molar-refractivity contribution in [3.8, 4) is 11.4 Å². The van der Waals surface area contributed by atoms with Crippen molar-refractivity contribution in [3.63, 3.8) is 0 Å². The van der Waals surface area contributed by atoms with Crippen LogP contribution in [0.2, 0.25) is 5.02 Å². The zero-order valence-electron chi connectivity index (χ0n) is 14.9. The first-order chi connectivity index (χ1) is 14.3. The fourth-order valence-corrected chi connectivity index (χ4v) is 2.54. The molecule has 1 amide bonds. The van der Waals surface area contributed by atoms with Crippen LogP contribution in [0.3, 0.4) is 0 Å². The number of hydrazine groups is 1. The van der Waals surface area contributed by atoms with Crippen LogP contribution in [0.25, 0.3) is 17.6 Å². The number of alkyl halides is 4. The molecule has 13 heteroatoms. The minimum atomic E-state index is -4.77. The number of amides is 1. The Kier molecular flexibility index (Phi) is 6.26.